The van der Waals surface area contributed by atoms with Gasteiger partial charge in [0.2, 0.25) is 0 Å². The normalized spacial score (nSPS) is 16.0. The molecule has 1 amide bonds. The number of amides is 1. The average Bonchev–Trinajstić information content (AvgIpc) is 3.06. The summed E-state index contributed by atoms with van der Waals surface area (Å²) in [5.74, 6) is -1.12. The molecule has 3 rings (SSSR count). The number of rotatable bonds is 4. The van der Waals surface area contributed by atoms with E-state index in [0.29, 0.717) is 23.7 Å². The minimum absolute atomic E-state index is 0.199. The first-order valence-corrected chi connectivity index (χ1v) is 9.48. The second-order valence-corrected chi connectivity index (χ2v) is 7.85. The third kappa shape index (κ3) is 3.64. The Kier molecular flexibility index (Phi) is 4.95. The van der Waals surface area contributed by atoms with Crippen molar-refractivity contribution in [3.05, 3.63) is 47.1 Å². The Bertz CT molecular complexity index is 845. The van der Waals surface area contributed by atoms with Crippen LogP contribution in [0.1, 0.15) is 9.67 Å². The first-order valence-electron chi connectivity index (χ1n) is 7.22. The molecular weight excluding hydrogens is 355 g/mol. The zero-order valence-electron chi connectivity index (χ0n) is 12.6. The SMILES string of the molecule is O=C(NS(=O)(=O)N1CCOCC1)c1ccc(-c2ccccc2F)s1. The van der Waals surface area contributed by atoms with Gasteiger partial charge in [0.1, 0.15) is 5.82 Å². The van der Waals surface area contributed by atoms with Crippen LogP contribution in [0.15, 0.2) is 36.4 Å². The number of ether oxygens (including phenoxy) is 1. The zero-order chi connectivity index (χ0) is 17.2. The lowest BCUT2D eigenvalue weighted by atomic mass is 10.2. The van der Waals surface area contributed by atoms with E-state index in [1.165, 1.54) is 16.4 Å². The Hall–Kier alpha value is -1.81. The molecule has 0 radical (unpaired) electrons. The third-order valence-corrected chi connectivity index (χ3v) is 6.11. The molecule has 1 aliphatic heterocycles. The average molecular weight is 370 g/mol. The van der Waals surface area contributed by atoms with Gasteiger partial charge in [-0.05, 0) is 18.2 Å². The van der Waals surface area contributed by atoms with E-state index in [0.717, 1.165) is 11.3 Å². The van der Waals surface area contributed by atoms with Crippen molar-refractivity contribution in [3.8, 4) is 10.4 Å². The van der Waals surface area contributed by atoms with Crippen LogP contribution in [0.4, 0.5) is 4.39 Å². The van der Waals surface area contributed by atoms with Gasteiger partial charge in [-0.15, -0.1) is 11.3 Å². The summed E-state index contributed by atoms with van der Waals surface area (Å²) >= 11 is 1.04. The van der Waals surface area contributed by atoms with Crippen molar-refractivity contribution >= 4 is 27.5 Å². The van der Waals surface area contributed by atoms with Crippen molar-refractivity contribution in [1.82, 2.24) is 9.03 Å². The molecule has 24 heavy (non-hydrogen) atoms. The van der Waals surface area contributed by atoms with Gasteiger partial charge >= 0.3 is 10.2 Å². The van der Waals surface area contributed by atoms with E-state index >= 15 is 0 Å². The van der Waals surface area contributed by atoms with Crippen LogP contribution in [0.5, 0.6) is 0 Å². The van der Waals surface area contributed by atoms with Crippen molar-refractivity contribution in [2.45, 2.75) is 0 Å². The number of hydrogen-bond donors (Lipinski definition) is 1. The van der Waals surface area contributed by atoms with Crippen LogP contribution >= 0.6 is 11.3 Å². The fourth-order valence-corrected chi connectivity index (χ4v) is 4.38. The lowest BCUT2D eigenvalue weighted by Crippen LogP contribution is -2.48. The smallest absolute Gasteiger partial charge is 0.304 e. The van der Waals surface area contributed by atoms with E-state index in [9.17, 15) is 17.6 Å². The van der Waals surface area contributed by atoms with Gasteiger partial charge in [-0.2, -0.15) is 12.7 Å². The highest BCUT2D eigenvalue weighted by molar-refractivity contribution is 7.87. The molecule has 6 nitrogen and oxygen atoms in total. The molecule has 1 saturated heterocycles. The van der Waals surface area contributed by atoms with Crippen molar-refractivity contribution in [3.63, 3.8) is 0 Å². The van der Waals surface area contributed by atoms with E-state index in [2.05, 4.69) is 0 Å². The Labute approximate surface area is 143 Å². The number of nitrogens with zero attached hydrogens (tertiary/aromatic N) is 1. The summed E-state index contributed by atoms with van der Waals surface area (Å²) in [4.78, 5) is 13.0. The van der Waals surface area contributed by atoms with Crippen LogP contribution in [-0.2, 0) is 14.9 Å². The predicted octanol–water partition coefficient (Wildman–Crippen LogP) is 1.86. The van der Waals surface area contributed by atoms with Crippen LogP contribution in [0.25, 0.3) is 10.4 Å². The topological polar surface area (TPSA) is 75.7 Å². The van der Waals surface area contributed by atoms with E-state index in [-0.39, 0.29) is 18.0 Å². The van der Waals surface area contributed by atoms with E-state index in [1.54, 1.807) is 24.3 Å². The van der Waals surface area contributed by atoms with E-state index < -0.39 is 21.9 Å². The van der Waals surface area contributed by atoms with Gasteiger partial charge < -0.3 is 4.74 Å². The lowest BCUT2D eigenvalue weighted by molar-refractivity contribution is 0.0719. The highest BCUT2D eigenvalue weighted by Gasteiger charge is 2.27. The second-order valence-electron chi connectivity index (χ2n) is 5.09. The predicted molar refractivity (Wildman–Crippen MR) is 88.5 cm³/mol. The third-order valence-electron chi connectivity index (χ3n) is 3.50. The first-order chi connectivity index (χ1) is 11.5. The highest BCUT2D eigenvalue weighted by Crippen LogP contribution is 2.30. The largest absolute Gasteiger partial charge is 0.379 e. The van der Waals surface area contributed by atoms with E-state index in [4.69, 9.17) is 4.74 Å². The van der Waals surface area contributed by atoms with Gasteiger partial charge in [0.15, 0.2) is 0 Å². The number of carbonyl (C=O) groups excluding carboxylic acids is 1. The summed E-state index contributed by atoms with van der Waals surface area (Å²) in [5, 5.41) is 0. The standard InChI is InChI=1S/C15H15FN2O4S2/c16-12-4-2-1-3-11(12)13-5-6-14(23-13)15(19)17-24(20,21)18-7-9-22-10-8-18/h1-6H,7-10H2,(H,17,19). The Morgan fingerprint density at radius 2 is 1.88 bits per heavy atom. The summed E-state index contributed by atoms with van der Waals surface area (Å²) in [6, 6.07) is 9.29. The first kappa shape index (κ1) is 17.0. The van der Waals surface area contributed by atoms with Crippen LogP contribution in [0.2, 0.25) is 0 Å². The Balaban J connectivity index is 1.75. The highest BCUT2D eigenvalue weighted by atomic mass is 32.2. The van der Waals surface area contributed by atoms with Crippen molar-refractivity contribution in [2.75, 3.05) is 26.3 Å². The number of halogens is 1. The monoisotopic (exact) mass is 370 g/mol. The summed E-state index contributed by atoms with van der Waals surface area (Å²) < 4.78 is 46.5. The van der Waals surface area contributed by atoms with Crippen LogP contribution in [0, 0.1) is 5.82 Å². The van der Waals surface area contributed by atoms with Gasteiger partial charge in [-0.25, -0.2) is 9.11 Å². The quantitative estimate of drug-likeness (QED) is 0.891. The molecule has 1 fully saturated rings. The Morgan fingerprint density at radius 3 is 2.58 bits per heavy atom. The van der Waals surface area contributed by atoms with Gasteiger partial charge in [-0.1, -0.05) is 18.2 Å². The molecule has 0 spiro atoms. The van der Waals surface area contributed by atoms with Gasteiger partial charge in [0.05, 0.1) is 18.1 Å². The maximum Gasteiger partial charge on any atom is 0.304 e. The van der Waals surface area contributed by atoms with E-state index in [1.807, 2.05) is 4.72 Å². The van der Waals surface area contributed by atoms with Gasteiger partial charge in [-0.3, -0.25) is 4.79 Å². The number of thiophene rings is 1. The number of hydrogen-bond acceptors (Lipinski definition) is 5. The molecule has 1 aromatic heterocycles. The molecule has 2 aromatic rings. The molecule has 2 heterocycles. The molecule has 0 bridgehead atoms. The Morgan fingerprint density at radius 1 is 1.17 bits per heavy atom. The molecule has 0 aliphatic carbocycles. The van der Waals surface area contributed by atoms with Crippen molar-refractivity contribution in [2.24, 2.45) is 0 Å². The van der Waals surface area contributed by atoms with Gasteiger partial charge in [0.25, 0.3) is 5.91 Å². The number of morpholine rings is 1. The maximum absolute atomic E-state index is 13.8. The maximum atomic E-state index is 13.8. The fraction of sp³-hybridized carbons (Fsp3) is 0.267. The summed E-state index contributed by atoms with van der Waals surface area (Å²) in [6.45, 7) is 0.998. The van der Waals surface area contributed by atoms with Crippen molar-refractivity contribution in [1.29, 1.82) is 0 Å². The number of nitrogens with one attached hydrogen (secondary N) is 1. The molecule has 0 atom stereocenters. The lowest BCUT2D eigenvalue weighted by Gasteiger charge is -2.25. The second kappa shape index (κ2) is 6.98. The summed E-state index contributed by atoms with van der Waals surface area (Å²) in [6.07, 6.45) is 0. The minimum atomic E-state index is -3.91. The summed E-state index contributed by atoms with van der Waals surface area (Å²) in [5.41, 5.74) is 0.373. The molecule has 1 N–H and O–H groups in total. The van der Waals surface area contributed by atoms with Crippen LogP contribution < -0.4 is 4.72 Å². The molecule has 0 saturated carbocycles. The molecule has 128 valence electrons. The minimum Gasteiger partial charge on any atom is -0.379 e. The molecule has 0 unspecified atom stereocenters. The summed E-state index contributed by atoms with van der Waals surface area (Å²) in [7, 11) is -3.91. The number of carbonyl (C=O) groups is 1. The molecular formula is C15H15FN2O4S2. The molecule has 9 heteroatoms. The number of benzene rings is 1. The molecule has 1 aliphatic rings. The van der Waals surface area contributed by atoms with Crippen molar-refractivity contribution < 1.29 is 22.3 Å². The fourth-order valence-electron chi connectivity index (χ4n) is 2.28. The zero-order valence-corrected chi connectivity index (χ0v) is 14.2. The van der Waals surface area contributed by atoms with Crippen LogP contribution in [0.3, 0.4) is 0 Å². The van der Waals surface area contributed by atoms with Gasteiger partial charge in [0, 0.05) is 23.5 Å². The molecule has 1 aromatic carbocycles. The van der Waals surface area contributed by atoms with Crippen LogP contribution in [-0.4, -0.2) is 44.9 Å².